The maximum atomic E-state index is 10.8. The van der Waals surface area contributed by atoms with Gasteiger partial charge in [0.1, 0.15) is 6.29 Å². The molecule has 0 aliphatic carbocycles. The van der Waals surface area contributed by atoms with Crippen LogP contribution in [0.3, 0.4) is 0 Å². The summed E-state index contributed by atoms with van der Waals surface area (Å²) in [6.45, 7) is 4.26. The molecule has 0 saturated carbocycles. The molecule has 1 heterocycles. The van der Waals surface area contributed by atoms with Crippen LogP contribution in [-0.4, -0.2) is 31.3 Å². The molecule has 2 heteroatoms. The largest absolute Gasteiger partial charge is 0.306 e. The summed E-state index contributed by atoms with van der Waals surface area (Å²) in [6, 6.07) is 0. The second-order valence-electron chi connectivity index (χ2n) is 3.64. The third-order valence-corrected chi connectivity index (χ3v) is 2.94. The van der Waals surface area contributed by atoms with Crippen molar-refractivity contribution in [2.75, 3.05) is 20.1 Å². The molecule has 0 N–H and O–H groups in total. The van der Waals surface area contributed by atoms with Gasteiger partial charge in [0.05, 0.1) is 0 Å². The number of rotatable bonds is 2. The third kappa shape index (κ3) is 1.80. The van der Waals surface area contributed by atoms with Crippen LogP contribution in [0.5, 0.6) is 0 Å². The maximum absolute atomic E-state index is 10.8. The summed E-state index contributed by atoms with van der Waals surface area (Å²) in [6.07, 6.45) is 4.26. The lowest BCUT2D eigenvalue weighted by atomic mass is 9.78. The lowest BCUT2D eigenvalue weighted by Crippen LogP contribution is -2.38. The minimum atomic E-state index is 0.0203. The van der Waals surface area contributed by atoms with Gasteiger partial charge >= 0.3 is 0 Å². The van der Waals surface area contributed by atoms with E-state index >= 15 is 0 Å². The van der Waals surface area contributed by atoms with Gasteiger partial charge in [0.25, 0.3) is 0 Å². The standard InChI is InChI=1S/C9H17NO/c1-3-9(8-11)4-6-10(2)7-5-9/h8H,3-7H2,1-2H3. The predicted octanol–water partition coefficient (Wildman–Crippen LogP) is 1.31. The Morgan fingerprint density at radius 1 is 1.45 bits per heavy atom. The fourth-order valence-electron chi connectivity index (χ4n) is 1.62. The SMILES string of the molecule is CCC1(C=O)CCN(C)CC1. The normalized spacial score (nSPS) is 24.9. The first-order valence-corrected chi connectivity index (χ1v) is 4.37. The molecular weight excluding hydrogens is 138 g/mol. The van der Waals surface area contributed by atoms with E-state index in [0.717, 1.165) is 32.4 Å². The number of hydrogen-bond acceptors (Lipinski definition) is 2. The van der Waals surface area contributed by atoms with Crippen molar-refractivity contribution >= 4 is 6.29 Å². The topological polar surface area (TPSA) is 20.3 Å². The number of nitrogens with zero attached hydrogens (tertiary/aromatic N) is 1. The Hall–Kier alpha value is -0.370. The molecule has 0 spiro atoms. The van der Waals surface area contributed by atoms with E-state index in [1.807, 2.05) is 0 Å². The number of carbonyl (C=O) groups excluding carboxylic acids is 1. The Kier molecular flexibility index (Phi) is 2.66. The Balaban J connectivity index is 2.52. The highest BCUT2D eigenvalue weighted by atomic mass is 16.1. The number of piperidine rings is 1. The maximum Gasteiger partial charge on any atom is 0.126 e. The molecule has 0 radical (unpaired) electrons. The van der Waals surface area contributed by atoms with Gasteiger partial charge in [-0.25, -0.2) is 0 Å². The van der Waals surface area contributed by atoms with Crippen molar-refractivity contribution in [3.8, 4) is 0 Å². The summed E-state index contributed by atoms with van der Waals surface area (Å²) < 4.78 is 0. The van der Waals surface area contributed by atoms with E-state index in [-0.39, 0.29) is 5.41 Å². The first-order chi connectivity index (χ1) is 5.22. The second-order valence-corrected chi connectivity index (χ2v) is 3.64. The summed E-state index contributed by atoms with van der Waals surface area (Å²) in [5.41, 5.74) is 0.0203. The molecule has 2 nitrogen and oxygen atoms in total. The molecular formula is C9H17NO. The number of likely N-dealkylation sites (tertiary alicyclic amines) is 1. The molecule has 0 atom stereocenters. The molecule has 1 aliphatic rings. The molecule has 0 unspecified atom stereocenters. The van der Waals surface area contributed by atoms with E-state index in [9.17, 15) is 4.79 Å². The molecule has 11 heavy (non-hydrogen) atoms. The fourth-order valence-corrected chi connectivity index (χ4v) is 1.62. The van der Waals surface area contributed by atoms with Crippen molar-refractivity contribution in [1.29, 1.82) is 0 Å². The molecule has 1 rings (SSSR count). The van der Waals surface area contributed by atoms with Crippen molar-refractivity contribution in [2.45, 2.75) is 26.2 Å². The molecule has 0 amide bonds. The molecule has 0 aromatic carbocycles. The van der Waals surface area contributed by atoms with Crippen LogP contribution >= 0.6 is 0 Å². The van der Waals surface area contributed by atoms with E-state index in [4.69, 9.17) is 0 Å². The zero-order valence-corrected chi connectivity index (χ0v) is 7.47. The number of hydrogen-bond donors (Lipinski definition) is 0. The first kappa shape index (κ1) is 8.72. The van der Waals surface area contributed by atoms with Gasteiger partial charge in [-0.05, 0) is 39.4 Å². The van der Waals surface area contributed by atoms with Gasteiger partial charge in [-0.2, -0.15) is 0 Å². The van der Waals surface area contributed by atoms with E-state index in [0.29, 0.717) is 0 Å². The van der Waals surface area contributed by atoms with E-state index in [2.05, 4.69) is 18.9 Å². The highest BCUT2D eigenvalue weighted by Crippen LogP contribution is 2.31. The average molecular weight is 155 g/mol. The van der Waals surface area contributed by atoms with Crippen LogP contribution in [0.25, 0.3) is 0 Å². The van der Waals surface area contributed by atoms with Crippen LogP contribution in [-0.2, 0) is 4.79 Å². The average Bonchev–Trinajstić information content (AvgIpc) is 2.07. The van der Waals surface area contributed by atoms with Crippen LogP contribution < -0.4 is 0 Å². The lowest BCUT2D eigenvalue weighted by molar-refractivity contribution is -0.118. The minimum Gasteiger partial charge on any atom is -0.306 e. The second kappa shape index (κ2) is 3.35. The molecule has 0 aromatic rings. The quantitative estimate of drug-likeness (QED) is 0.560. The molecule has 64 valence electrons. The van der Waals surface area contributed by atoms with E-state index < -0.39 is 0 Å². The van der Waals surface area contributed by atoms with Gasteiger partial charge in [-0.1, -0.05) is 6.92 Å². The Bertz CT molecular complexity index is 136. The lowest BCUT2D eigenvalue weighted by Gasteiger charge is -2.35. The number of aldehydes is 1. The smallest absolute Gasteiger partial charge is 0.126 e. The van der Waals surface area contributed by atoms with Crippen molar-refractivity contribution in [3.05, 3.63) is 0 Å². The van der Waals surface area contributed by atoms with E-state index in [1.54, 1.807) is 0 Å². The predicted molar refractivity (Wildman–Crippen MR) is 45.5 cm³/mol. The zero-order valence-electron chi connectivity index (χ0n) is 7.47. The van der Waals surface area contributed by atoms with Crippen LogP contribution in [0.2, 0.25) is 0 Å². The molecule has 1 aliphatic heterocycles. The number of carbonyl (C=O) groups is 1. The van der Waals surface area contributed by atoms with Crippen LogP contribution in [0.15, 0.2) is 0 Å². The summed E-state index contributed by atoms with van der Waals surface area (Å²) in [7, 11) is 2.12. The Labute approximate surface area is 68.6 Å². The van der Waals surface area contributed by atoms with E-state index in [1.165, 1.54) is 6.29 Å². The van der Waals surface area contributed by atoms with Crippen molar-refractivity contribution in [1.82, 2.24) is 4.90 Å². The van der Waals surface area contributed by atoms with Crippen LogP contribution in [0, 0.1) is 5.41 Å². The van der Waals surface area contributed by atoms with Crippen molar-refractivity contribution in [2.24, 2.45) is 5.41 Å². The van der Waals surface area contributed by atoms with Gasteiger partial charge in [-0.3, -0.25) is 0 Å². The molecule has 0 aromatic heterocycles. The highest BCUT2D eigenvalue weighted by molar-refractivity contribution is 5.59. The summed E-state index contributed by atoms with van der Waals surface area (Å²) in [4.78, 5) is 13.1. The third-order valence-electron chi connectivity index (χ3n) is 2.94. The van der Waals surface area contributed by atoms with Gasteiger partial charge in [-0.15, -0.1) is 0 Å². The van der Waals surface area contributed by atoms with Crippen molar-refractivity contribution in [3.63, 3.8) is 0 Å². The van der Waals surface area contributed by atoms with Gasteiger partial charge in [0.2, 0.25) is 0 Å². The Morgan fingerprint density at radius 3 is 2.36 bits per heavy atom. The molecule has 0 bridgehead atoms. The molecule has 1 fully saturated rings. The van der Waals surface area contributed by atoms with Gasteiger partial charge < -0.3 is 9.69 Å². The summed E-state index contributed by atoms with van der Waals surface area (Å²) >= 11 is 0. The fraction of sp³-hybridized carbons (Fsp3) is 0.889. The monoisotopic (exact) mass is 155 g/mol. The van der Waals surface area contributed by atoms with Crippen LogP contribution in [0.4, 0.5) is 0 Å². The van der Waals surface area contributed by atoms with Crippen molar-refractivity contribution < 1.29 is 4.79 Å². The summed E-state index contributed by atoms with van der Waals surface area (Å²) in [5.74, 6) is 0. The molecule has 1 saturated heterocycles. The van der Waals surface area contributed by atoms with Gasteiger partial charge in [0, 0.05) is 5.41 Å². The van der Waals surface area contributed by atoms with Gasteiger partial charge in [0.15, 0.2) is 0 Å². The first-order valence-electron chi connectivity index (χ1n) is 4.37. The zero-order chi connectivity index (χ0) is 8.32. The summed E-state index contributed by atoms with van der Waals surface area (Å²) in [5, 5.41) is 0. The minimum absolute atomic E-state index is 0.0203. The van der Waals surface area contributed by atoms with Crippen LogP contribution in [0.1, 0.15) is 26.2 Å². The Morgan fingerprint density at radius 2 is 2.00 bits per heavy atom. The highest BCUT2D eigenvalue weighted by Gasteiger charge is 2.31.